The van der Waals surface area contributed by atoms with Crippen LogP contribution in [-0.4, -0.2) is 29.8 Å². The van der Waals surface area contributed by atoms with Gasteiger partial charge in [-0.2, -0.15) is 0 Å². The third kappa shape index (κ3) is 3.75. The number of benzene rings is 1. The molecule has 4 nitrogen and oxygen atoms in total. The van der Waals surface area contributed by atoms with Gasteiger partial charge < -0.3 is 10.6 Å². The molecule has 0 saturated carbocycles. The standard InChI is InChI=1S/C12H15ClN2O2/c1-2-15(8-11(14)16)12(17)10-5-3-4-9(6-10)7-13/h3-6H,2,7-8H2,1H3,(H2,14,16). The number of halogens is 1. The highest BCUT2D eigenvalue weighted by Crippen LogP contribution is 2.10. The Morgan fingerprint density at radius 2 is 2.12 bits per heavy atom. The largest absolute Gasteiger partial charge is 0.368 e. The monoisotopic (exact) mass is 254 g/mol. The lowest BCUT2D eigenvalue weighted by Crippen LogP contribution is -2.38. The van der Waals surface area contributed by atoms with Crippen LogP contribution in [0.5, 0.6) is 0 Å². The molecule has 0 aliphatic heterocycles. The second-order valence-corrected chi connectivity index (χ2v) is 3.89. The molecule has 0 spiro atoms. The number of hydrogen-bond donors (Lipinski definition) is 1. The van der Waals surface area contributed by atoms with E-state index in [1.807, 2.05) is 6.07 Å². The van der Waals surface area contributed by atoms with E-state index in [-0.39, 0.29) is 12.5 Å². The highest BCUT2D eigenvalue weighted by atomic mass is 35.5. The van der Waals surface area contributed by atoms with Crippen molar-refractivity contribution in [2.24, 2.45) is 5.73 Å². The van der Waals surface area contributed by atoms with Gasteiger partial charge in [-0.05, 0) is 24.6 Å². The molecular formula is C12H15ClN2O2. The minimum Gasteiger partial charge on any atom is -0.368 e. The first-order valence-corrected chi connectivity index (χ1v) is 5.84. The van der Waals surface area contributed by atoms with E-state index < -0.39 is 5.91 Å². The first kappa shape index (κ1) is 13.5. The van der Waals surface area contributed by atoms with Crippen molar-refractivity contribution in [2.45, 2.75) is 12.8 Å². The number of rotatable bonds is 5. The van der Waals surface area contributed by atoms with Crippen LogP contribution in [0.3, 0.4) is 0 Å². The van der Waals surface area contributed by atoms with Crippen LogP contribution < -0.4 is 5.73 Å². The van der Waals surface area contributed by atoms with Gasteiger partial charge in [0.1, 0.15) is 0 Å². The molecule has 1 rings (SSSR count). The second-order valence-electron chi connectivity index (χ2n) is 3.62. The topological polar surface area (TPSA) is 63.4 Å². The van der Waals surface area contributed by atoms with Crippen molar-refractivity contribution < 1.29 is 9.59 Å². The fourth-order valence-electron chi connectivity index (χ4n) is 1.49. The van der Waals surface area contributed by atoms with Crippen molar-refractivity contribution in [3.05, 3.63) is 35.4 Å². The molecule has 0 bridgehead atoms. The van der Waals surface area contributed by atoms with Crippen LogP contribution in [0.25, 0.3) is 0 Å². The Morgan fingerprint density at radius 1 is 1.41 bits per heavy atom. The van der Waals surface area contributed by atoms with Gasteiger partial charge in [0.15, 0.2) is 0 Å². The molecule has 2 amide bonds. The van der Waals surface area contributed by atoms with E-state index in [1.54, 1.807) is 25.1 Å². The van der Waals surface area contributed by atoms with E-state index >= 15 is 0 Å². The Bertz CT molecular complexity index is 421. The molecule has 1 aromatic carbocycles. The summed E-state index contributed by atoms with van der Waals surface area (Å²) in [6.45, 7) is 2.17. The maximum atomic E-state index is 12.1. The van der Waals surface area contributed by atoms with Gasteiger partial charge in [-0.25, -0.2) is 0 Å². The normalized spacial score (nSPS) is 10.0. The number of nitrogens with two attached hydrogens (primary N) is 1. The van der Waals surface area contributed by atoms with Crippen LogP contribution in [0.4, 0.5) is 0 Å². The molecule has 2 N–H and O–H groups in total. The molecule has 1 aromatic rings. The summed E-state index contributed by atoms with van der Waals surface area (Å²) < 4.78 is 0. The molecule has 0 saturated heterocycles. The number of amides is 2. The zero-order valence-electron chi connectivity index (χ0n) is 9.65. The summed E-state index contributed by atoms with van der Waals surface area (Å²) in [5.74, 6) is -0.379. The van der Waals surface area contributed by atoms with Crippen LogP contribution in [-0.2, 0) is 10.7 Å². The Balaban J connectivity index is 2.89. The molecule has 0 fully saturated rings. The molecule has 0 aromatic heterocycles. The maximum Gasteiger partial charge on any atom is 0.254 e. The van der Waals surface area contributed by atoms with Gasteiger partial charge in [-0.1, -0.05) is 12.1 Å². The summed E-state index contributed by atoms with van der Waals surface area (Å²) in [5.41, 5.74) is 6.47. The number of hydrogen-bond acceptors (Lipinski definition) is 2. The molecule has 0 atom stereocenters. The summed E-state index contributed by atoms with van der Waals surface area (Å²) in [7, 11) is 0. The highest BCUT2D eigenvalue weighted by molar-refractivity contribution is 6.17. The van der Waals surface area contributed by atoms with Crippen molar-refractivity contribution in [1.82, 2.24) is 4.90 Å². The van der Waals surface area contributed by atoms with Crippen LogP contribution in [0.2, 0.25) is 0 Å². The minimum absolute atomic E-state index is 0.0690. The smallest absolute Gasteiger partial charge is 0.254 e. The number of nitrogens with zero attached hydrogens (tertiary/aromatic N) is 1. The van der Waals surface area contributed by atoms with Crippen LogP contribution in [0.1, 0.15) is 22.8 Å². The van der Waals surface area contributed by atoms with Crippen LogP contribution in [0, 0.1) is 0 Å². The second kappa shape index (κ2) is 6.25. The fraction of sp³-hybridized carbons (Fsp3) is 0.333. The number of carbonyl (C=O) groups is 2. The number of alkyl halides is 1. The summed E-state index contributed by atoms with van der Waals surface area (Å²) in [6, 6.07) is 7.03. The van der Waals surface area contributed by atoms with Gasteiger partial charge in [-0.3, -0.25) is 9.59 Å². The zero-order valence-corrected chi connectivity index (χ0v) is 10.4. The average molecular weight is 255 g/mol. The Morgan fingerprint density at radius 3 is 2.65 bits per heavy atom. The number of primary amides is 1. The first-order valence-electron chi connectivity index (χ1n) is 5.31. The van der Waals surface area contributed by atoms with E-state index in [0.717, 1.165) is 5.56 Å². The molecule has 92 valence electrons. The molecule has 0 radical (unpaired) electrons. The molecule has 17 heavy (non-hydrogen) atoms. The quantitative estimate of drug-likeness (QED) is 0.807. The van der Waals surface area contributed by atoms with Gasteiger partial charge in [0.05, 0.1) is 6.54 Å². The molecular weight excluding hydrogens is 240 g/mol. The van der Waals surface area contributed by atoms with E-state index in [0.29, 0.717) is 18.0 Å². The fourth-order valence-corrected chi connectivity index (χ4v) is 1.65. The van der Waals surface area contributed by atoms with Crippen molar-refractivity contribution in [3.8, 4) is 0 Å². The molecule has 0 heterocycles. The number of likely N-dealkylation sites (N-methyl/N-ethyl adjacent to an activating group) is 1. The molecule has 0 aliphatic rings. The Labute approximate surface area is 105 Å². The third-order valence-corrected chi connectivity index (χ3v) is 2.65. The van der Waals surface area contributed by atoms with Crippen LogP contribution in [0.15, 0.2) is 24.3 Å². The molecule has 0 aliphatic carbocycles. The number of carbonyl (C=O) groups excluding carboxylic acids is 2. The third-order valence-electron chi connectivity index (χ3n) is 2.34. The average Bonchev–Trinajstić information content (AvgIpc) is 2.35. The molecule has 0 unspecified atom stereocenters. The lowest BCUT2D eigenvalue weighted by atomic mass is 10.1. The van der Waals surface area contributed by atoms with Crippen molar-refractivity contribution in [3.63, 3.8) is 0 Å². The predicted molar refractivity (Wildman–Crippen MR) is 66.8 cm³/mol. The van der Waals surface area contributed by atoms with Gasteiger partial charge in [0, 0.05) is 18.0 Å². The zero-order chi connectivity index (χ0) is 12.8. The summed E-state index contributed by atoms with van der Waals surface area (Å²) >= 11 is 5.70. The van der Waals surface area contributed by atoms with E-state index in [9.17, 15) is 9.59 Å². The summed E-state index contributed by atoms with van der Waals surface area (Å²) in [6.07, 6.45) is 0. The van der Waals surface area contributed by atoms with E-state index in [2.05, 4.69) is 0 Å². The van der Waals surface area contributed by atoms with Crippen molar-refractivity contribution in [1.29, 1.82) is 0 Å². The molecule has 5 heteroatoms. The SMILES string of the molecule is CCN(CC(N)=O)C(=O)c1cccc(CCl)c1. The lowest BCUT2D eigenvalue weighted by molar-refractivity contribution is -0.118. The minimum atomic E-state index is -0.520. The summed E-state index contributed by atoms with van der Waals surface area (Å²) in [4.78, 5) is 24.3. The van der Waals surface area contributed by atoms with Gasteiger partial charge in [0.25, 0.3) is 5.91 Å². The lowest BCUT2D eigenvalue weighted by Gasteiger charge is -2.19. The van der Waals surface area contributed by atoms with Gasteiger partial charge in [-0.15, -0.1) is 11.6 Å². The predicted octanol–water partition coefficient (Wildman–Crippen LogP) is 1.37. The summed E-state index contributed by atoms with van der Waals surface area (Å²) in [5, 5.41) is 0. The Kier molecular flexibility index (Phi) is 4.97. The highest BCUT2D eigenvalue weighted by Gasteiger charge is 2.15. The van der Waals surface area contributed by atoms with Gasteiger partial charge >= 0.3 is 0 Å². The first-order chi connectivity index (χ1) is 8.08. The van der Waals surface area contributed by atoms with Crippen molar-refractivity contribution >= 4 is 23.4 Å². The van der Waals surface area contributed by atoms with E-state index in [1.165, 1.54) is 4.90 Å². The maximum absolute atomic E-state index is 12.1. The van der Waals surface area contributed by atoms with Gasteiger partial charge in [0.2, 0.25) is 5.91 Å². The van der Waals surface area contributed by atoms with Crippen LogP contribution >= 0.6 is 11.6 Å². The van der Waals surface area contributed by atoms with Crippen molar-refractivity contribution in [2.75, 3.05) is 13.1 Å². The van der Waals surface area contributed by atoms with E-state index in [4.69, 9.17) is 17.3 Å². The Hall–Kier alpha value is -1.55.